The number of rotatable bonds is 2. The zero-order chi connectivity index (χ0) is 14.4. The van der Waals surface area contributed by atoms with Crippen molar-refractivity contribution in [2.75, 3.05) is 14.2 Å². The van der Waals surface area contributed by atoms with Gasteiger partial charge in [-0.05, 0) is 12.3 Å². The Morgan fingerprint density at radius 1 is 1.26 bits per heavy atom. The van der Waals surface area contributed by atoms with Crippen LogP contribution < -0.4 is 0 Å². The predicted molar refractivity (Wildman–Crippen MR) is 66.1 cm³/mol. The normalized spacial score (nSPS) is 31.7. The summed E-state index contributed by atoms with van der Waals surface area (Å²) in [4.78, 5) is 36.4. The summed E-state index contributed by atoms with van der Waals surface area (Å²) in [6, 6.07) is 0. The Balaban J connectivity index is 2.56. The maximum Gasteiger partial charge on any atom is 0.334 e. The molecule has 2 aliphatic rings. The van der Waals surface area contributed by atoms with Crippen LogP contribution in [0.4, 0.5) is 0 Å². The molecule has 0 aromatic rings. The average molecular weight is 266 g/mol. The molecule has 0 spiro atoms. The van der Waals surface area contributed by atoms with E-state index >= 15 is 0 Å². The largest absolute Gasteiger partial charge is 0.468 e. The molecule has 104 valence electrons. The van der Waals surface area contributed by atoms with E-state index in [-0.39, 0.29) is 23.7 Å². The van der Waals surface area contributed by atoms with E-state index in [1.807, 2.05) is 13.8 Å². The second-order valence-electron chi connectivity index (χ2n) is 5.68. The van der Waals surface area contributed by atoms with Gasteiger partial charge in [-0.15, -0.1) is 0 Å². The number of fused-ring (bicyclic) bond motifs is 1. The Kier molecular flexibility index (Phi) is 3.03. The zero-order valence-electron chi connectivity index (χ0n) is 11.6. The third-order valence-electron chi connectivity index (χ3n) is 4.62. The van der Waals surface area contributed by atoms with Gasteiger partial charge in [0, 0.05) is 11.8 Å². The summed E-state index contributed by atoms with van der Waals surface area (Å²) in [5.74, 6) is -1.34. The van der Waals surface area contributed by atoms with E-state index in [2.05, 4.69) is 0 Å². The topological polar surface area (TPSA) is 69.7 Å². The summed E-state index contributed by atoms with van der Waals surface area (Å²) in [6.45, 7) is 3.64. The van der Waals surface area contributed by atoms with E-state index in [1.165, 1.54) is 14.2 Å². The Labute approximate surface area is 111 Å². The number of hydrogen-bond acceptors (Lipinski definition) is 5. The van der Waals surface area contributed by atoms with Crippen LogP contribution in [-0.4, -0.2) is 31.9 Å². The van der Waals surface area contributed by atoms with Gasteiger partial charge in [-0.2, -0.15) is 0 Å². The van der Waals surface area contributed by atoms with Crippen LogP contribution in [0.3, 0.4) is 0 Å². The summed E-state index contributed by atoms with van der Waals surface area (Å²) in [5.41, 5.74) is -1.53. The fourth-order valence-corrected chi connectivity index (χ4v) is 3.49. The molecule has 0 N–H and O–H groups in total. The van der Waals surface area contributed by atoms with Gasteiger partial charge in [0.15, 0.2) is 0 Å². The molecule has 0 unspecified atom stereocenters. The molecule has 0 radical (unpaired) electrons. The molecule has 0 aromatic heterocycles. The van der Waals surface area contributed by atoms with Crippen LogP contribution in [0.2, 0.25) is 0 Å². The smallest absolute Gasteiger partial charge is 0.334 e. The van der Waals surface area contributed by atoms with Gasteiger partial charge < -0.3 is 9.47 Å². The van der Waals surface area contributed by atoms with Gasteiger partial charge in [-0.25, -0.2) is 4.79 Å². The van der Waals surface area contributed by atoms with Crippen molar-refractivity contribution in [2.45, 2.75) is 26.7 Å². The molecule has 2 rings (SSSR count). The SMILES string of the molecule is COC(=O)C1=CC[C@@H]2C(C)(C)C(=O)C[C@]12C(=O)OC. The van der Waals surface area contributed by atoms with Crippen molar-refractivity contribution in [3.63, 3.8) is 0 Å². The number of ketones is 1. The highest BCUT2D eigenvalue weighted by atomic mass is 16.5. The highest BCUT2D eigenvalue weighted by Crippen LogP contribution is 2.61. The third-order valence-corrected chi connectivity index (χ3v) is 4.62. The van der Waals surface area contributed by atoms with Gasteiger partial charge in [-0.3, -0.25) is 9.59 Å². The number of Topliss-reactive ketones (excluding diaryl/α,β-unsaturated/α-hetero) is 1. The second kappa shape index (κ2) is 4.18. The van der Waals surface area contributed by atoms with E-state index in [4.69, 9.17) is 9.47 Å². The minimum absolute atomic E-state index is 0.0122. The lowest BCUT2D eigenvalue weighted by molar-refractivity contribution is -0.156. The first kappa shape index (κ1) is 13.8. The molecule has 5 heteroatoms. The standard InChI is InChI=1S/C14H18O5/c1-13(2)9-6-5-8(11(16)18-3)14(9,7-10(13)15)12(17)19-4/h5,9H,6-7H2,1-4H3/t9-,14+/m1/s1. The number of hydrogen-bond donors (Lipinski definition) is 0. The Bertz CT molecular complexity index is 488. The lowest BCUT2D eigenvalue weighted by Gasteiger charge is -2.32. The lowest BCUT2D eigenvalue weighted by Crippen LogP contribution is -2.40. The maximum absolute atomic E-state index is 12.3. The molecular weight excluding hydrogens is 248 g/mol. The van der Waals surface area contributed by atoms with Crippen LogP contribution in [0.15, 0.2) is 11.6 Å². The summed E-state index contributed by atoms with van der Waals surface area (Å²) in [7, 11) is 2.54. The van der Waals surface area contributed by atoms with E-state index in [1.54, 1.807) is 6.08 Å². The van der Waals surface area contributed by atoms with Crippen LogP contribution in [-0.2, 0) is 23.9 Å². The molecule has 5 nitrogen and oxygen atoms in total. The molecule has 0 saturated heterocycles. The fraction of sp³-hybridized carbons (Fsp3) is 0.643. The predicted octanol–water partition coefficient (Wildman–Crippen LogP) is 1.26. The summed E-state index contributed by atoms with van der Waals surface area (Å²) < 4.78 is 9.60. The first-order valence-electron chi connectivity index (χ1n) is 6.23. The van der Waals surface area contributed by atoms with Gasteiger partial charge in [-0.1, -0.05) is 19.9 Å². The molecule has 1 saturated carbocycles. The van der Waals surface area contributed by atoms with Crippen molar-refractivity contribution >= 4 is 17.7 Å². The van der Waals surface area contributed by atoms with Gasteiger partial charge in [0.2, 0.25) is 0 Å². The van der Waals surface area contributed by atoms with E-state index in [0.29, 0.717) is 6.42 Å². The molecule has 0 bridgehead atoms. The maximum atomic E-state index is 12.3. The first-order valence-corrected chi connectivity index (χ1v) is 6.23. The van der Waals surface area contributed by atoms with E-state index in [9.17, 15) is 14.4 Å². The molecule has 2 aliphatic carbocycles. The monoisotopic (exact) mass is 266 g/mol. The summed E-state index contributed by atoms with van der Waals surface area (Å²) >= 11 is 0. The lowest BCUT2D eigenvalue weighted by atomic mass is 9.69. The van der Waals surface area contributed by atoms with Gasteiger partial charge in [0.05, 0.1) is 19.8 Å². The number of methoxy groups -OCH3 is 2. The summed E-state index contributed by atoms with van der Waals surface area (Å²) in [6.07, 6.45) is 2.23. The third kappa shape index (κ3) is 1.57. The fourth-order valence-electron chi connectivity index (χ4n) is 3.49. The van der Waals surface area contributed by atoms with Crippen molar-refractivity contribution in [2.24, 2.45) is 16.7 Å². The first-order chi connectivity index (χ1) is 8.82. The highest BCUT2D eigenvalue weighted by molar-refractivity contribution is 6.05. The molecule has 2 atom stereocenters. The van der Waals surface area contributed by atoms with E-state index < -0.39 is 22.8 Å². The molecule has 0 aliphatic heterocycles. The van der Waals surface area contributed by atoms with Crippen LogP contribution in [0.5, 0.6) is 0 Å². The minimum atomic E-state index is -1.16. The average Bonchev–Trinajstić information content (AvgIpc) is 2.85. The number of esters is 2. The Morgan fingerprint density at radius 2 is 1.89 bits per heavy atom. The van der Waals surface area contributed by atoms with Gasteiger partial charge in [0.1, 0.15) is 11.2 Å². The zero-order valence-corrected chi connectivity index (χ0v) is 11.6. The highest BCUT2D eigenvalue weighted by Gasteiger charge is 2.66. The summed E-state index contributed by atoms with van der Waals surface area (Å²) in [5, 5.41) is 0. The number of allylic oxidation sites excluding steroid dienone is 1. The van der Waals surface area contributed by atoms with Crippen molar-refractivity contribution in [3.05, 3.63) is 11.6 Å². The molecule has 0 heterocycles. The van der Waals surface area contributed by atoms with E-state index in [0.717, 1.165) is 0 Å². The van der Waals surface area contributed by atoms with Crippen molar-refractivity contribution in [1.82, 2.24) is 0 Å². The van der Waals surface area contributed by atoms with Gasteiger partial charge in [0.25, 0.3) is 0 Å². The number of carbonyl (C=O) groups is 3. The van der Waals surface area contributed by atoms with Crippen LogP contribution in [0.1, 0.15) is 26.7 Å². The minimum Gasteiger partial charge on any atom is -0.468 e. The molecule has 0 amide bonds. The van der Waals surface area contributed by atoms with Crippen LogP contribution in [0.25, 0.3) is 0 Å². The molecule has 1 fully saturated rings. The van der Waals surface area contributed by atoms with Crippen molar-refractivity contribution in [3.8, 4) is 0 Å². The van der Waals surface area contributed by atoms with Crippen LogP contribution in [0, 0.1) is 16.7 Å². The molecule has 0 aromatic carbocycles. The molecular formula is C14H18O5. The Morgan fingerprint density at radius 3 is 2.42 bits per heavy atom. The number of ether oxygens (including phenoxy) is 2. The van der Waals surface area contributed by atoms with Crippen molar-refractivity contribution in [1.29, 1.82) is 0 Å². The molecule has 19 heavy (non-hydrogen) atoms. The number of carbonyl (C=O) groups excluding carboxylic acids is 3. The second-order valence-corrected chi connectivity index (χ2v) is 5.68. The van der Waals surface area contributed by atoms with Gasteiger partial charge >= 0.3 is 11.9 Å². The quantitative estimate of drug-likeness (QED) is 0.704. The van der Waals surface area contributed by atoms with Crippen LogP contribution >= 0.6 is 0 Å². The Hall–Kier alpha value is -1.65. The van der Waals surface area contributed by atoms with Crippen molar-refractivity contribution < 1.29 is 23.9 Å².